The fourth-order valence-electron chi connectivity index (χ4n) is 3.64. The number of amides is 2. The summed E-state index contributed by atoms with van der Waals surface area (Å²) in [7, 11) is -4.13. The van der Waals surface area contributed by atoms with Crippen LogP contribution in [0.2, 0.25) is 0 Å². The summed E-state index contributed by atoms with van der Waals surface area (Å²) in [5.41, 5.74) is 12.3. The second kappa shape index (κ2) is 11.3. The molecule has 194 valence electrons. The van der Waals surface area contributed by atoms with Crippen molar-refractivity contribution in [1.82, 2.24) is 20.8 Å². The van der Waals surface area contributed by atoms with Crippen LogP contribution in [0.3, 0.4) is 0 Å². The lowest BCUT2D eigenvalue weighted by atomic mass is 9.98. The van der Waals surface area contributed by atoms with Crippen molar-refractivity contribution in [2.75, 3.05) is 37.8 Å². The van der Waals surface area contributed by atoms with E-state index in [0.717, 1.165) is 0 Å². The molecule has 3 rings (SSSR count). The van der Waals surface area contributed by atoms with E-state index in [1.54, 1.807) is 0 Å². The second-order valence-corrected chi connectivity index (χ2v) is 10.1. The van der Waals surface area contributed by atoms with Crippen LogP contribution in [-0.2, 0) is 19.4 Å². The van der Waals surface area contributed by atoms with Crippen LogP contribution in [0.1, 0.15) is 40.2 Å². The Hall–Kier alpha value is -3.82. The van der Waals surface area contributed by atoms with Gasteiger partial charge in [0.15, 0.2) is 38.2 Å². The van der Waals surface area contributed by atoms with Crippen LogP contribution in [0, 0.1) is 0 Å². The van der Waals surface area contributed by atoms with Gasteiger partial charge in [-0.15, -0.1) is 0 Å². The molecule has 7 N–H and O–H groups in total. The van der Waals surface area contributed by atoms with Crippen molar-refractivity contribution in [3.63, 3.8) is 0 Å². The summed E-state index contributed by atoms with van der Waals surface area (Å²) in [6, 6.07) is 5.54. The molecule has 0 bridgehead atoms. The van der Waals surface area contributed by atoms with Gasteiger partial charge in [-0.25, -0.2) is 23.9 Å². The lowest BCUT2D eigenvalue weighted by molar-refractivity contribution is -0.134. The Balaban J connectivity index is 1.55. The van der Waals surface area contributed by atoms with Crippen LogP contribution in [0.25, 0.3) is 0 Å². The van der Waals surface area contributed by atoms with Gasteiger partial charge in [-0.1, -0.05) is 0 Å². The summed E-state index contributed by atoms with van der Waals surface area (Å²) >= 11 is 0. The largest absolute Gasteiger partial charge is 0.494 e. The number of nitrogens with one attached hydrogen (secondary N) is 2. The van der Waals surface area contributed by atoms with E-state index in [0.29, 0.717) is 18.5 Å². The first kappa shape index (κ1) is 26.8. The Labute approximate surface area is 206 Å². The molecule has 0 aliphatic carbocycles. The fourth-order valence-corrected chi connectivity index (χ4v) is 5.58. The van der Waals surface area contributed by atoms with Gasteiger partial charge >= 0.3 is 0 Å². The first-order valence-corrected chi connectivity index (χ1v) is 12.3. The first-order chi connectivity index (χ1) is 17.2. The van der Waals surface area contributed by atoms with Crippen LogP contribution < -0.4 is 27.0 Å². The fraction of sp³-hybridized carbons (Fsp3) is 0.381. The highest BCUT2D eigenvalue weighted by atomic mass is 32.2. The predicted molar refractivity (Wildman–Crippen MR) is 125 cm³/mol. The smallest absolute Gasteiger partial charge is 0.273 e. The average molecular weight is 523 g/mol. The zero-order chi connectivity index (χ0) is 26.3. The molecule has 1 aliphatic rings. The maximum Gasteiger partial charge on any atom is 0.273 e. The summed E-state index contributed by atoms with van der Waals surface area (Å²) < 4.78 is 35.4. The number of benzene rings is 1. The highest BCUT2D eigenvalue weighted by Gasteiger charge is 2.52. The molecule has 14 nitrogen and oxygen atoms in total. The summed E-state index contributed by atoms with van der Waals surface area (Å²) in [6.45, 7) is 0.526. The topological polar surface area (TPSA) is 226 Å². The number of sulfone groups is 1. The van der Waals surface area contributed by atoms with E-state index in [9.17, 15) is 22.8 Å². The zero-order valence-electron chi connectivity index (χ0n) is 19.1. The second-order valence-electron chi connectivity index (χ2n) is 7.83. The van der Waals surface area contributed by atoms with E-state index < -0.39 is 26.4 Å². The molecule has 1 aromatic heterocycles. The number of nitrogen functional groups attached to an aromatic ring is 2. The molecule has 0 saturated carbocycles. The Morgan fingerprint density at radius 1 is 1.14 bits per heavy atom. The van der Waals surface area contributed by atoms with Gasteiger partial charge in [0, 0.05) is 19.8 Å². The van der Waals surface area contributed by atoms with Gasteiger partial charge in [0.2, 0.25) is 0 Å². The van der Waals surface area contributed by atoms with Gasteiger partial charge in [0.05, 0.1) is 11.5 Å². The minimum absolute atomic E-state index is 0.0704. The molecule has 1 aliphatic heterocycles. The zero-order valence-corrected chi connectivity index (χ0v) is 19.9. The third-order valence-electron chi connectivity index (χ3n) is 5.64. The summed E-state index contributed by atoms with van der Waals surface area (Å²) in [6.07, 6.45) is 0.600. The van der Waals surface area contributed by atoms with Crippen molar-refractivity contribution in [1.29, 1.82) is 0 Å². The van der Waals surface area contributed by atoms with Crippen LogP contribution >= 0.6 is 0 Å². The Morgan fingerprint density at radius 3 is 2.42 bits per heavy atom. The van der Waals surface area contributed by atoms with E-state index >= 15 is 0 Å². The molecule has 1 saturated heterocycles. The van der Waals surface area contributed by atoms with Gasteiger partial charge < -0.3 is 26.3 Å². The number of hydrogen-bond acceptors (Lipinski definition) is 12. The van der Waals surface area contributed by atoms with Crippen LogP contribution in [0.4, 0.5) is 11.6 Å². The molecule has 0 spiro atoms. The van der Waals surface area contributed by atoms with Gasteiger partial charge in [-0.05, 0) is 43.5 Å². The summed E-state index contributed by atoms with van der Waals surface area (Å²) in [5.74, 6) is -1.68. The minimum atomic E-state index is -4.13. The monoisotopic (exact) mass is 522 g/mol. The van der Waals surface area contributed by atoms with E-state index in [2.05, 4.69) is 15.3 Å². The number of rotatable bonds is 10. The molecule has 0 unspecified atom stereocenters. The number of anilines is 2. The lowest BCUT2D eigenvalue weighted by Crippen LogP contribution is -2.54. The maximum atomic E-state index is 13.2. The summed E-state index contributed by atoms with van der Waals surface area (Å²) in [4.78, 5) is 42.7. The van der Waals surface area contributed by atoms with Crippen LogP contribution in [0.15, 0.2) is 29.2 Å². The third kappa shape index (κ3) is 5.37. The quantitative estimate of drug-likeness (QED) is 0.115. The highest BCUT2D eigenvalue weighted by molar-refractivity contribution is 7.93. The average Bonchev–Trinajstić information content (AvgIpc) is 2.89. The Kier molecular flexibility index (Phi) is 8.39. The first-order valence-electron chi connectivity index (χ1n) is 10.8. The maximum absolute atomic E-state index is 13.2. The van der Waals surface area contributed by atoms with Gasteiger partial charge in [0.1, 0.15) is 11.4 Å². The standard InChI is InChI=1S/C21H26N6O8S/c22-17-15(12-28)25-18(23)16(26-17)19(29)24-8-1-9-35-13-2-4-14(5-3-13)36(32,33)21(20(30)27-31)6-10-34-11-7-21/h2-5,12,31H,1,6-11H2,(H2,22,26)(H2,23,25)(H,24,29)(H,27,30). The van der Waals surface area contributed by atoms with Gasteiger partial charge in [0.25, 0.3) is 11.8 Å². The Morgan fingerprint density at radius 2 is 1.81 bits per heavy atom. The SMILES string of the molecule is Nc1nc(C(=O)NCCCOc2ccc(S(=O)(=O)C3(C(=O)NO)CCOCC3)cc2)c(N)nc1C=O. The molecular weight excluding hydrogens is 496 g/mol. The highest BCUT2D eigenvalue weighted by Crippen LogP contribution is 2.35. The number of aldehydes is 1. The number of carbonyl (C=O) groups excluding carboxylic acids is 3. The third-order valence-corrected chi connectivity index (χ3v) is 8.16. The summed E-state index contributed by atoms with van der Waals surface area (Å²) in [5, 5.41) is 11.7. The van der Waals surface area contributed by atoms with Crippen molar-refractivity contribution in [3.05, 3.63) is 35.7 Å². The van der Waals surface area contributed by atoms with Crippen molar-refractivity contribution < 1.29 is 37.5 Å². The molecule has 0 atom stereocenters. The van der Waals surface area contributed by atoms with Gasteiger partial charge in [-0.2, -0.15) is 0 Å². The van der Waals surface area contributed by atoms with Crippen LogP contribution in [0.5, 0.6) is 5.75 Å². The Bertz CT molecular complexity index is 1230. The molecule has 2 aromatic rings. The van der Waals surface area contributed by atoms with E-state index in [1.165, 1.54) is 29.7 Å². The normalized spacial score (nSPS) is 15.0. The molecule has 2 amide bonds. The molecule has 1 fully saturated rings. The lowest BCUT2D eigenvalue weighted by Gasteiger charge is -2.34. The van der Waals surface area contributed by atoms with Crippen molar-refractivity contribution >= 4 is 39.6 Å². The van der Waals surface area contributed by atoms with E-state index in [4.69, 9.17) is 26.1 Å². The number of carbonyl (C=O) groups is 3. The van der Waals surface area contributed by atoms with Crippen LogP contribution in [-0.4, -0.2) is 72.8 Å². The molecule has 0 radical (unpaired) electrons. The van der Waals surface area contributed by atoms with Crippen molar-refractivity contribution in [2.45, 2.75) is 28.9 Å². The number of aromatic nitrogens is 2. The van der Waals surface area contributed by atoms with Crippen molar-refractivity contribution in [2.24, 2.45) is 0 Å². The molecule has 15 heteroatoms. The molecular formula is C21H26N6O8S. The number of ether oxygens (including phenoxy) is 2. The van der Waals surface area contributed by atoms with E-state index in [1.807, 2.05) is 0 Å². The van der Waals surface area contributed by atoms with E-state index in [-0.39, 0.29) is 67.1 Å². The number of hydrogen-bond donors (Lipinski definition) is 5. The minimum Gasteiger partial charge on any atom is -0.494 e. The molecule has 2 heterocycles. The van der Waals surface area contributed by atoms with Gasteiger partial charge in [-0.3, -0.25) is 19.6 Å². The van der Waals surface area contributed by atoms with Crippen molar-refractivity contribution in [3.8, 4) is 5.75 Å². The molecule has 1 aromatic carbocycles. The number of hydroxylamine groups is 1. The predicted octanol–water partition coefficient (Wildman–Crippen LogP) is -0.519. The number of nitrogens with two attached hydrogens (primary N) is 2. The number of nitrogens with zero attached hydrogens (tertiary/aromatic N) is 2. The molecule has 36 heavy (non-hydrogen) atoms.